The van der Waals surface area contributed by atoms with Gasteiger partial charge in [0.1, 0.15) is 11.5 Å². The molecule has 0 aliphatic carbocycles. The number of rotatable bonds is 11. The molecule has 1 heterocycles. The average molecular weight is 438 g/mol. The van der Waals surface area contributed by atoms with E-state index in [-0.39, 0.29) is 0 Å². The van der Waals surface area contributed by atoms with Crippen molar-refractivity contribution in [1.29, 1.82) is 0 Å². The van der Waals surface area contributed by atoms with Gasteiger partial charge in [-0.15, -0.1) is 0 Å². The molecular weight excluding hydrogens is 406 g/mol. The lowest BCUT2D eigenvalue weighted by Gasteiger charge is -2.14. The minimum absolute atomic E-state index is 0.605. The van der Waals surface area contributed by atoms with Crippen molar-refractivity contribution in [3.63, 3.8) is 0 Å². The molecule has 6 nitrogen and oxygen atoms in total. The first-order valence-corrected chi connectivity index (χ1v) is 10.6. The van der Waals surface area contributed by atoms with Crippen molar-refractivity contribution in [1.82, 2.24) is 4.98 Å². The molecule has 1 aromatic heterocycles. The molecule has 3 aromatic rings. The Labute approximate surface area is 190 Å². The van der Waals surface area contributed by atoms with E-state index in [1.54, 1.807) is 35.5 Å². The third kappa shape index (κ3) is 5.84. The van der Waals surface area contributed by atoms with Crippen molar-refractivity contribution in [3.05, 3.63) is 71.0 Å². The lowest BCUT2D eigenvalue weighted by molar-refractivity contribution is 0.324. The van der Waals surface area contributed by atoms with Gasteiger partial charge in [-0.25, -0.2) is 0 Å². The van der Waals surface area contributed by atoms with E-state index in [2.05, 4.69) is 18.2 Å². The molecule has 32 heavy (non-hydrogen) atoms. The summed E-state index contributed by atoms with van der Waals surface area (Å²) in [7, 11) is 8.19. The van der Waals surface area contributed by atoms with E-state index < -0.39 is 0 Å². The molecular formula is C26H31NO5. The van der Waals surface area contributed by atoms with Crippen LogP contribution in [0.2, 0.25) is 0 Å². The maximum absolute atomic E-state index is 5.46. The predicted octanol–water partition coefficient (Wildman–Crippen LogP) is 4.70. The molecule has 0 aliphatic heterocycles. The summed E-state index contributed by atoms with van der Waals surface area (Å²) in [5.41, 5.74) is 4.38. The summed E-state index contributed by atoms with van der Waals surface area (Å²) in [5, 5.41) is 0. The maximum Gasteiger partial charge on any atom is 0.203 e. The van der Waals surface area contributed by atoms with Gasteiger partial charge in [0.05, 0.1) is 35.5 Å². The van der Waals surface area contributed by atoms with Crippen molar-refractivity contribution < 1.29 is 23.7 Å². The SMILES string of the molecule is COc1cc(CCc2cccc(CCc3cc(OC)c(OC)c(OC)c3)n2)cc(OC)c1. The van der Waals surface area contributed by atoms with Gasteiger partial charge in [-0.05, 0) is 73.2 Å². The van der Waals surface area contributed by atoms with Crippen LogP contribution in [0.5, 0.6) is 28.7 Å². The Bertz CT molecular complexity index is 987. The van der Waals surface area contributed by atoms with Gasteiger partial charge in [0.15, 0.2) is 11.5 Å². The van der Waals surface area contributed by atoms with Crippen molar-refractivity contribution in [3.8, 4) is 28.7 Å². The number of benzene rings is 2. The van der Waals surface area contributed by atoms with Crippen molar-refractivity contribution in [2.75, 3.05) is 35.5 Å². The summed E-state index contributed by atoms with van der Waals surface area (Å²) in [6, 6.07) is 16.1. The number of hydrogen-bond acceptors (Lipinski definition) is 6. The number of nitrogens with zero attached hydrogens (tertiary/aromatic N) is 1. The standard InChI is InChI=1S/C26H31NO5/c1-28-22-13-18(14-23(17-22)29-2)9-11-20-7-6-8-21(27-20)12-10-19-15-24(30-3)26(32-5)25(16-19)31-4/h6-8,13-17H,9-12H2,1-5H3. The Hall–Kier alpha value is -3.41. The fraction of sp³-hybridized carbons (Fsp3) is 0.346. The quantitative estimate of drug-likeness (QED) is 0.434. The molecule has 0 radical (unpaired) electrons. The van der Waals surface area contributed by atoms with Crippen LogP contribution in [0.25, 0.3) is 0 Å². The van der Waals surface area contributed by atoms with Crippen LogP contribution in [0.15, 0.2) is 48.5 Å². The zero-order valence-corrected chi connectivity index (χ0v) is 19.4. The molecule has 6 heteroatoms. The molecule has 0 saturated carbocycles. The van der Waals surface area contributed by atoms with Crippen LogP contribution in [0.3, 0.4) is 0 Å². The summed E-state index contributed by atoms with van der Waals surface area (Å²) in [4.78, 5) is 4.86. The molecule has 0 saturated heterocycles. The van der Waals surface area contributed by atoms with Gasteiger partial charge in [0.2, 0.25) is 5.75 Å². The first-order chi connectivity index (χ1) is 15.6. The minimum atomic E-state index is 0.605. The molecule has 0 amide bonds. The van der Waals surface area contributed by atoms with E-state index in [1.807, 2.05) is 30.3 Å². The number of pyridine rings is 1. The zero-order chi connectivity index (χ0) is 22.9. The van der Waals surface area contributed by atoms with Crippen LogP contribution in [0.4, 0.5) is 0 Å². The summed E-state index contributed by atoms with van der Waals surface area (Å²) in [6.45, 7) is 0. The molecule has 3 rings (SSSR count). The largest absolute Gasteiger partial charge is 0.497 e. The minimum Gasteiger partial charge on any atom is -0.497 e. The first kappa shape index (κ1) is 23.3. The summed E-state index contributed by atoms with van der Waals surface area (Å²) < 4.78 is 27.1. The van der Waals surface area contributed by atoms with E-state index in [1.165, 1.54) is 0 Å². The fourth-order valence-electron chi connectivity index (χ4n) is 3.64. The van der Waals surface area contributed by atoms with E-state index in [0.29, 0.717) is 17.2 Å². The van der Waals surface area contributed by atoms with Crippen molar-refractivity contribution >= 4 is 0 Å². The highest BCUT2D eigenvalue weighted by Crippen LogP contribution is 2.38. The topological polar surface area (TPSA) is 59.0 Å². The van der Waals surface area contributed by atoms with E-state index in [9.17, 15) is 0 Å². The molecule has 2 aromatic carbocycles. The van der Waals surface area contributed by atoms with Gasteiger partial charge in [0.25, 0.3) is 0 Å². The van der Waals surface area contributed by atoms with Crippen LogP contribution < -0.4 is 23.7 Å². The van der Waals surface area contributed by atoms with Crippen molar-refractivity contribution in [2.24, 2.45) is 0 Å². The molecule has 0 unspecified atom stereocenters. The van der Waals surface area contributed by atoms with E-state index in [0.717, 1.165) is 59.7 Å². The highest BCUT2D eigenvalue weighted by Gasteiger charge is 2.13. The molecule has 0 N–H and O–H groups in total. The number of hydrogen-bond donors (Lipinski definition) is 0. The van der Waals surface area contributed by atoms with Crippen LogP contribution in [-0.4, -0.2) is 40.5 Å². The highest BCUT2D eigenvalue weighted by atomic mass is 16.5. The predicted molar refractivity (Wildman–Crippen MR) is 125 cm³/mol. The molecule has 0 fully saturated rings. The van der Waals surface area contributed by atoms with Crippen LogP contribution >= 0.6 is 0 Å². The van der Waals surface area contributed by atoms with E-state index >= 15 is 0 Å². The smallest absolute Gasteiger partial charge is 0.203 e. The number of aromatic nitrogens is 1. The van der Waals surface area contributed by atoms with E-state index in [4.69, 9.17) is 28.7 Å². The fourth-order valence-corrected chi connectivity index (χ4v) is 3.64. The molecule has 170 valence electrons. The molecule has 0 spiro atoms. The number of ether oxygens (including phenoxy) is 5. The number of methoxy groups -OCH3 is 5. The van der Waals surface area contributed by atoms with Crippen molar-refractivity contribution in [2.45, 2.75) is 25.7 Å². The van der Waals surface area contributed by atoms with Crippen LogP contribution in [0.1, 0.15) is 22.5 Å². The Balaban J connectivity index is 1.67. The Kier molecular flexibility index (Phi) is 8.20. The molecule has 0 bridgehead atoms. The monoisotopic (exact) mass is 437 g/mol. The second-order valence-corrected chi connectivity index (χ2v) is 7.37. The summed E-state index contributed by atoms with van der Waals surface area (Å²) in [6.07, 6.45) is 3.34. The second-order valence-electron chi connectivity index (χ2n) is 7.37. The lowest BCUT2D eigenvalue weighted by Crippen LogP contribution is -2.01. The van der Waals surface area contributed by atoms with Gasteiger partial charge in [0, 0.05) is 17.5 Å². The Morgan fingerprint density at radius 3 is 1.50 bits per heavy atom. The van der Waals surface area contributed by atoms with Gasteiger partial charge in [-0.1, -0.05) is 6.07 Å². The van der Waals surface area contributed by atoms with Crippen LogP contribution in [0, 0.1) is 0 Å². The maximum atomic E-state index is 5.46. The molecule has 0 atom stereocenters. The average Bonchev–Trinajstić information content (AvgIpc) is 2.85. The highest BCUT2D eigenvalue weighted by molar-refractivity contribution is 5.54. The zero-order valence-electron chi connectivity index (χ0n) is 19.4. The molecule has 0 aliphatic rings. The normalized spacial score (nSPS) is 10.5. The van der Waals surface area contributed by atoms with Gasteiger partial charge in [-0.2, -0.15) is 0 Å². The first-order valence-electron chi connectivity index (χ1n) is 10.6. The van der Waals surface area contributed by atoms with Crippen LogP contribution in [-0.2, 0) is 25.7 Å². The lowest BCUT2D eigenvalue weighted by atomic mass is 10.0. The third-order valence-corrected chi connectivity index (χ3v) is 5.34. The summed E-state index contributed by atoms with van der Waals surface area (Å²) >= 11 is 0. The van der Waals surface area contributed by atoms with Gasteiger partial charge >= 0.3 is 0 Å². The van der Waals surface area contributed by atoms with Gasteiger partial charge in [-0.3, -0.25) is 4.98 Å². The Morgan fingerprint density at radius 2 is 1.06 bits per heavy atom. The summed E-state index contributed by atoms with van der Waals surface area (Å²) in [5.74, 6) is 3.53. The second kappa shape index (κ2) is 11.3. The Morgan fingerprint density at radius 1 is 0.562 bits per heavy atom. The number of aryl methyl sites for hydroxylation is 4. The van der Waals surface area contributed by atoms with Gasteiger partial charge < -0.3 is 23.7 Å². The third-order valence-electron chi connectivity index (χ3n) is 5.34.